The number of aliphatic hydroxyl groups is 1. The third-order valence-corrected chi connectivity index (χ3v) is 6.21. The number of carbonyl (C=O) groups is 1. The zero-order chi connectivity index (χ0) is 26.3. The summed E-state index contributed by atoms with van der Waals surface area (Å²) in [6, 6.07) is 17.5. The minimum Gasteiger partial charge on any atom is -0.504 e. The zero-order valence-electron chi connectivity index (χ0n) is 20.2. The number of fused-ring (bicyclic) bond motifs is 1. The number of hydrogen-bond acceptors (Lipinski definition) is 7. The van der Waals surface area contributed by atoms with Gasteiger partial charge in [-0.05, 0) is 48.3 Å². The van der Waals surface area contributed by atoms with Gasteiger partial charge in [0.25, 0.3) is 11.8 Å². The molecular weight excluding hydrogens is 496 g/mol. The highest BCUT2D eigenvalue weighted by Gasteiger charge is 2.31. The van der Waals surface area contributed by atoms with Crippen molar-refractivity contribution in [3.8, 4) is 39.6 Å². The van der Waals surface area contributed by atoms with E-state index >= 15 is 0 Å². The second kappa shape index (κ2) is 9.55. The summed E-state index contributed by atoms with van der Waals surface area (Å²) in [6.45, 7) is 3.68. The van der Waals surface area contributed by atoms with Crippen LogP contribution in [0.25, 0.3) is 33.6 Å². The maximum atomic E-state index is 12.8. The lowest BCUT2D eigenvalue weighted by Gasteiger charge is -2.11. The highest BCUT2D eigenvalue weighted by Crippen LogP contribution is 2.43. The van der Waals surface area contributed by atoms with Crippen molar-refractivity contribution in [2.24, 2.45) is 0 Å². The fourth-order valence-electron chi connectivity index (χ4n) is 4.19. The van der Waals surface area contributed by atoms with E-state index in [0.717, 1.165) is 11.1 Å². The first-order valence-electron chi connectivity index (χ1n) is 11.5. The monoisotopic (exact) mass is 518 g/mol. The number of aromatic hydroxyl groups is 1. The maximum absolute atomic E-state index is 12.8. The number of ether oxygens (including phenoxy) is 2. The van der Waals surface area contributed by atoms with Crippen molar-refractivity contribution in [3.05, 3.63) is 77.0 Å². The third kappa shape index (κ3) is 4.47. The van der Waals surface area contributed by atoms with Gasteiger partial charge >= 0.3 is 0 Å². The molecule has 0 spiro atoms. The van der Waals surface area contributed by atoms with Crippen LogP contribution in [0, 0.1) is 0 Å². The number of nitrogens with one attached hydrogen (secondary N) is 1. The summed E-state index contributed by atoms with van der Waals surface area (Å²) in [7, 11) is 1.50. The van der Waals surface area contributed by atoms with Crippen LogP contribution in [0.2, 0.25) is 5.02 Å². The summed E-state index contributed by atoms with van der Waals surface area (Å²) in [5.74, 6) is -0.208. The molecule has 8 nitrogen and oxygen atoms in total. The Morgan fingerprint density at radius 1 is 1.03 bits per heavy atom. The van der Waals surface area contributed by atoms with Gasteiger partial charge in [-0.1, -0.05) is 48.0 Å². The van der Waals surface area contributed by atoms with Crippen molar-refractivity contribution < 1.29 is 29.0 Å². The van der Waals surface area contributed by atoms with Gasteiger partial charge in [0, 0.05) is 16.7 Å². The number of phenolic OH excluding ortho intramolecular Hbond substituents is 1. The van der Waals surface area contributed by atoms with Crippen molar-refractivity contribution in [3.63, 3.8) is 0 Å². The van der Waals surface area contributed by atoms with Gasteiger partial charge in [-0.2, -0.15) is 0 Å². The first-order valence-corrected chi connectivity index (χ1v) is 11.8. The van der Waals surface area contributed by atoms with E-state index in [1.54, 1.807) is 30.3 Å². The van der Waals surface area contributed by atoms with E-state index in [1.807, 2.05) is 38.1 Å². The number of hydrogen-bond donors (Lipinski definition) is 3. The van der Waals surface area contributed by atoms with Crippen LogP contribution in [0.3, 0.4) is 0 Å². The molecule has 4 aromatic rings. The Morgan fingerprint density at radius 3 is 2.41 bits per heavy atom. The van der Waals surface area contributed by atoms with E-state index in [1.165, 1.54) is 13.2 Å². The normalized spacial score (nSPS) is 13.9. The van der Waals surface area contributed by atoms with E-state index in [-0.39, 0.29) is 34.8 Å². The number of aliphatic hydroxyl groups excluding tert-OH is 1. The molecule has 0 radical (unpaired) electrons. The van der Waals surface area contributed by atoms with Crippen molar-refractivity contribution in [1.82, 2.24) is 5.16 Å². The Labute approximate surface area is 217 Å². The highest BCUT2D eigenvalue weighted by molar-refractivity contribution is 6.38. The lowest BCUT2D eigenvalue weighted by atomic mass is 9.96. The van der Waals surface area contributed by atoms with Gasteiger partial charge in [-0.3, -0.25) is 4.79 Å². The van der Waals surface area contributed by atoms with Gasteiger partial charge in [0.15, 0.2) is 17.3 Å². The van der Waals surface area contributed by atoms with Gasteiger partial charge in [0.05, 0.1) is 35.6 Å². The predicted molar refractivity (Wildman–Crippen MR) is 141 cm³/mol. The second-order valence-electron chi connectivity index (χ2n) is 8.69. The molecule has 3 aromatic carbocycles. The molecule has 0 unspecified atom stereocenters. The Bertz CT molecular complexity index is 1540. The van der Waals surface area contributed by atoms with Crippen LogP contribution in [0.1, 0.15) is 25.2 Å². The summed E-state index contributed by atoms with van der Waals surface area (Å²) in [4.78, 5) is 12.8. The second-order valence-corrected chi connectivity index (χ2v) is 9.09. The number of benzene rings is 3. The summed E-state index contributed by atoms with van der Waals surface area (Å²) >= 11 is 6.58. The topological polar surface area (TPSA) is 114 Å². The molecule has 3 N–H and O–H groups in total. The van der Waals surface area contributed by atoms with E-state index in [2.05, 4.69) is 10.5 Å². The van der Waals surface area contributed by atoms with Crippen molar-refractivity contribution in [2.75, 3.05) is 12.4 Å². The highest BCUT2D eigenvalue weighted by atomic mass is 35.5. The van der Waals surface area contributed by atoms with E-state index in [0.29, 0.717) is 33.1 Å². The summed E-state index contributed by atoms with van der Waals surface area (Å²) in [5.41, 5.74) is 3.84. The molecule has 1 aromatic heterocycles. The first-order chi connectivity index (χ1) is 17.8. The minimum atomic E-state index is -0.493. The summed E-state index contributed by atoms with van der Waals surface area (Å²) in [6.07, 6.45) is -0.132. The third-order valence-electron chi connectivity index (χ3n) is 5.89. The SMILES string of the molecule is COc1cccc(-c2ccc(-c3cc4c(cc3Cl)NC(=O)C4=C(O)c3cc(OC(C)C)no3)cc2)c1O. The van der Waals surface area contributed by atoms with Gasteiger partial charge in [-0.25, -0.2) is 0 Å². The van der Waals surface area contributed by atoms with Crippen LogP contribution < -0.4 is 14.8 Å². The molecule has 2 heterocycles. The summed E-state index contributed by atoms with van der Waals surface area (Å²) < 4.78 is 15.9. The predicted octanol–water partition coefficient (Wildman–Crippen LogP) is 6.54. The first kappa shape index (κ1) is 24.3. The van der Waals surface area contributed by atoms with Crippen molar-refractivity contribution >= 4 is 34.5 Å². The lowest BCUT2D eigenvalue weighted by molar-refractivity contribution is -0.110. The molecule has 1 aliphatic heterocycles. The van der Waals surface area contributed by atoms with Crippen LogP contribution in [-0.4, -0.2) is 34.5 Å². The Morgan fingerprint density at radius 2 is 1.73 bits per heavy atom. The van der Waals surface area contributed by atoms with E-state index in [4.69, 9.17) is 25.6 Å². The number of aromatic nitrogens is 1. The number of halogens is 1. The van der Waals surface area contributed by atoms with Gasteiger partial charge in [0.2, 0.25) is 5.76 Å². The molecule has 1 aliphatic rings. The molecule has 0 bridgehead atoms. The number of nitrogens with zero attached hydrogens (tertiary/aromatic N) is 1. The summed E-state index contributed by atoms with van der Waals surface area (Å²) in [5, 5.41) is 28.3. The van der Waals surface area contributed by atoms with Gasteiger partial charge in [0.1, 0.15) is 0 Å². The zero-order valence-corrected chi connectivity index (χ0v) is 21.0. The molecule has 9 heteroatoms. The fourth-order valence-corrected chi connectivity index (χ4v) is 4.46. The number of para-hydroxylation sites is 1. The Balaban J connectivity index is 1.53. The number of anilines is 1. The number of rotatable bonds is 6. The smallest absolute Gasteiger partial charge is 0.260 e. The molecule has 0 aliphatic carbocycles. The van der Waals surface area contributed by atoms with E-state index in [9.17, 15) is 15.0 Å². The molecule has 188 valence electrons. The Hall–Kier alpha value is -4.43. The number of methoxy groups -OCH3 is 1. The minimum absolute atomic E-state index is 0.00704. The fraction of sp³-hybridized carbons (Fsp3) is 0.143. The standard InChI is InChI=1S/C28H23ClN2O6/c1-14(2)36-24-13-23(37-31-24)27(33)25-19-11-18(20(29)12-21(19)30-28(25)34)16-9-7-15(8-10-16)17-5-4-6-22(35-3)26(17)32/h4-14,32-33H,1-3H3,(H,30,34). The Kier molecular flexibility index (Phi) is 6.27. The quantitative estimate of drug-likeness (QED) is 0.196. The molecule has 5 rings (SSSR count). The average Bonchev–Trinajstić information content (AvgIpc) is 3.46. The van der Waals surface area contributed by atoms with E-state index < -0.39 is 5.91 Å². The number of carbonyl (C=O) groups excluding carboxylic acids is 1. The molecule has 37 heavy (non-hydrogen) atoms. The molecule has 1 amide bonds. The van der Waals surface area contributed by atoms with Gasteiger partial charge in [-0.15, -0.1) is 0 Å². The molecule has 0 fully saturated rings. The number of phenols is 1. The maximum Gasteiger partial charge on any atom is 0.260 e. The van der Waals surface area contributed by atoms with Crippen LogP contribution >= 0.6 is 11.6 Å². The van der Waals surface area contributed by atoms with Gasteiger partial charge < -0.3 is 29.5 Å². The van der Waals surface area contributed by atoms with Crippen LogP contribution in [-0.2, 0) is 4.79 Å². The van der Waals surface area contributed by atoms with Crippen LogP contribution in [0.4, 0.5) is 5.69 Å². The molecular formula is C28H23ClN2O6. The average molecular weight is 519 g/mol. The molecule has 0 saturated heterocycles. The molecule has 0 saturated carbocycles. The van der Waals surface area contributed by atoms with Crippen molar-refractivity contribution in [2.45, 2.75) is 20.0 Å². The van der Waals surface area contributed by atoms with Crippen LogP contribution in [0.15, 0.2) is 65.2 Å². The largest absolute Gasteiger partial charge is 0.504 e. The van der Waals surface area contributed by atoms with Crippen LogP contribution in [0.5, 0.6) is 17.4 Å². The number of amides is 1. The molecule has 0 atom stereocenters. The lowest BCUT2D eigenvalue weighted by Crippen LogP contribution is -2.06. The van der Waals surface area contributed by atoms with Crippen molar-refractivity contribution in [1.29, 1.82) is 0 Å².